The number of rotatable bonds is 6. The summed E-state index contributed by atoms with van der Waals surface area (Å²) in [5.74, 6) is 1.11. The minimum absolute atomic E-state index is 0.00327. The molecule has 8 nitrogen and oxygen atoms in total. The number of amides is 2. The molecule has 0 fully saturated rings. The van der Waals surface area contributed by atoms with Crippen molar-refractivity contribution in [1.82, 2.24) is 9.97 Å². The van der Waals surface area contributed by atoms with Gasteiger partial charge in [-0.1, -0.05) is 11.3 Å². The Kier molecular flexibility index (Phi) is 6.37. The van der Waals surface area contributed by atoms with Crippen LogP contribution in [0.5, 0.6) is 23.0 Å². The Balaban J connectivity index is 1.53. The second kappa shape index (κ2) is 9.37. The molecule has 164 valence electrons. The number of anilines is 2. The van der Waals surface area contributed by atoms with E-state index in [0.717, 1.165) is 3.79 Å². The second-order valence-corrected chi connectivity index (χ2v) is 8.74. The zero-order valence-corrected chi connectivity index (χ0v) is 19.2. The highest BCUT2D eigenvalue weighted by molar-refractivity contribution is 9.11. The van der Waals surface area contributed by atoms with Crippen LogP contribution in [-0.4, -0.2) is 30.2 Å². The molecule has 0 radical (unpaired) electrons. The molecule has 0 aliphatic heterocycles. The average molecular weight is 519 g/mol. The molecular formula is C21H16BrFN4O4S. The number of hydrogen-bond donors (Lipinski definition) is 2. The van der Waals surface area contributed by atoms with Crippen LogP contribution in [0.1, 0.15) is 0 Å². The molecule has 0 saturated carbocycles. The number of fused-ring (bicyclic) bond motifs is 1. The molecule has 4 aromatic rings. The summed E-state index contributed by atoms with van der Waals surface area (Å²) in [5, 5.41) is 6.03. The van der Waals surface area contributed by atoms with Gasteiger partial charge < -0.3 is 19.5 Å². The van der Waals surface area contributed by atoms with Crippen molar-refractivity contribution in [2.75, 3.05) is 24.9 Å². The number of hydrogen-bond acceptors (Lipinski definition) is 7. The summed E-state index contributed by atoms with van der Waals surface area (Å²) in [5.41, 5.74) is 0.626. The molecule has 32 heavy (non-hydrogen) atoms. The average Bonchev–Trinajstić information content (AvgIpc) is 3.19. The van der Waals surface area contributed by atoms with Crippen LogP contribution < -0.4 is 24.8 Å². The quantitative estimate of drug-likeness (QED) is 0.322. The molecule has 4 rings (SSSR count). The number of urea groups is 1. The summed E-state index contributed by atoms with van der Waals surface area (Å²) in [6.45, 7) is 0. The van der Waals surface area contributed by atoms with E-state index in [-0.39, 0.29) is 11.4 Å². The third kappa shape index (κ3) is 4.73. The Morgan fingerprint density at radius 3 is 2.50 bits per heavy atom. The molecule has 0 unspecified atom stereocenters. The second-order valence-electron chi connectivity index (χ2n) is 6.33. The molecule has 2 amide bonds. The van der Waals surface area contributed by atoms with Crippen molar-refractivity contribution in [3.63, 3.8) is 0 Å². The lowest BCUT2D eigenvalue weighted by atomic mass is 10.2. The van der Waals surface area contributed by atoms with Gasteiger partial charge in [0.1, 0.15) is 17.3 Å². The fourth-order valence-electron chi connectivity index (χ4n) is 2.89. The van der Waals surface area contributed by atoms with Crippen molar-refractivity contribution in [1.29, 1.82) is 0 Å². The van der Waals surface area contributed by atoms with Crippen LogP contribution in [0.25, 0.3) is 10.9 Å². The zero-order valence-electron chi connectivity index (χ0n) is 16.8. The number of aromatic nitrogens is 2. The fourth-order valence-corrected chi connectivity index (χ4v) is 3.99. The van der Waals surface area contributed by atoms with Crippen LogP contribution >= 0.6 is 27.3 Å². The summed E-state index contributed by atoms with van der Waals surface area (Å²) in [7, 11) is 3.07. The van der Waals surface area contributed by atoms with Crippen molar-refractivity contribution in [3.8, 4) is 23.0 Å². The standard InChI is InChI=1S/C21H16BrFN4O4S/c1-29-17-8-12-15(9-18(17)30-2)24-6-5-16(12)31-11-3-4-14(13(23)7-11)26-20(28)27-21-25-10-19(22)32-21/h3-10H,1-2H3,(H2,25,26,27,28). The minimum atomic E-state index is -0.657. The number of methoxy groups -OCH3 is 2. The normalized spacial score (nSPS) is 10.6. The lowest BCUT2D eigenvalue weighted by molar-refractivity contribution is 0.262. The molecule has 2 heterocycles. The highest BCUT2D eigenvalue weighted by Crippen LogP contribution is 2.37. The summed E-state index contributed by atoms with van der Waals surface area (Å²) in [4.78, 5) is 20.4. The molecule has 2 aromatic carbocycles. The third-order valence-electron chi connectivity index (χ3n) is 4.32. The molecule has 0 bridgehead atoms. The molecule has 11 heteroatoms. The van der Waals surface area contributed by atoms with E-state index in [1.807, 2.05) is 0 Å². The van der Waals surface area contributed by atoms with Gasteiger partial charge in [0.05, 0.1) is 35.4 Å². The fraction of sp³-hybridized carbons (Fsp3) is 0.0952. The van der Waals surface area contributed by atoms with Gasteiger partial charge in [0.2, 0.25) is 0 Å². The first-order valence-electron chi connectivity index (χ1n) is 9.14. The van der Waals surface area contributed by atoms with E-state index in [1.165, 1.54) is 30.6 Å². The molecule has 0 atom stereocenters. The Morgan fingerprint density at radius 1 is 1.03 bits per heavy atom. The number of carbonyl (C=O) groups excluding carboxylic acids is 1. The monoisotopic (exact) mass is 518 g/mol. The van der Waals surface area contributed by atoms with E-state index in [1.54, 1.807) is 43.8 Å². The smallest absolute Gasteiger partial charge is 0.325 e. The van der Waals surface area contributed by atoms with E-state index in [2.05, 4.69) is 36.5 Å². The highest BCUT2D eigenvalue weighted by atomic mass is 79.9. The van der Waals surface area contributed by atoms with Gasteiger partial charge in [-0.15, -0.1) is 0 Å². The first-order chi connectivity index (χ1) is 15.5. The van der Waals surface area contributed by atoms with Gasteiger partial charge in [-0.25, -0.2) is 14.2 Å². The summed E-state index contributed by atoms with van der Waals surface area (Å²) < 4.78 is 31.9. The number of pyridine rings is 1. The number of benzene rings is 2. The van der Waals surface area contributed by atoms with E-state index in [4.69, 9.17) is 14.2 Å². The number of halogens is 2. The van der Waals surface area contributed by atoms with E-state index in [9.17, 15) is 9.18 Å². The van der Waals surface area contributed by atoms with E-state index < -0.39 is 11.8 Å². The molecule has 0 aliphatic carbocycles. The number of ether oxygens (including phenoxy) is 3. The van der Waals surface area contributed by atoms with Gasteiger partial charge in [-0.05, 0) is 40.2 Å². The van der Waals surface area contributed by atoms with E-state index >= 15 is 0 Å². The van der Waals surface area contributed by atoms with Crippen molar-refractivity contribution in [2.45, 2.75) is 0 Å². The van der Waals surface area contributed by atoms with Crippen LogP contribution in [0.2, 0.25) is 0 Å². The molecule has 2 aromatic heterocycles. The SMILES string of the molecule is COc1cc2nccc(Oc3ccc(NC(=O)Nc4ncc(Br)s4)c(F)c3)c2cc1OC. The predicted molar refractivity (Wildman–Crippen MR) is 124 cm³/mol. The molecular weight excluding hydrogens is 503 g/mol. The zero-order chi connectivity index (χ0) is 22.7. The number of nitrogens with one attached hydrogen (secondary N) is 2. The maximum absolute atomic E-state index is 14.6. The Morgan fingerprint density at radius 2 is 1.81 bits per heavy atom. The molecule has 0 aliphatic rings. The molecule has 2 N–H and O–H groups in total. The third-order valence-corrected chi connectivity index (χ3v) is 5.71. The van der Waals surface area contributed by atoms with Crippen LogP contribution in [-0.2, 0) is 0 Å². The van der Waals surface area contributed by atoms with Gasteiger partial charge in [-0.2, -0.15) is 0 Å². The number of carbonyl (C=O) groups is 1. The van der Waals surface area contributed by atoms with E-state index in [0.29, 0.717) is 33.3 Å². The lowest BCUT2D eigenvalue weighted by Crippen LogP contribution is -2.19. The highest BCUT2D eigenvalue weighted by Gasteiger charge is 2.13. The number of nitrogens with zero attached hydrogens (tertiary/aromatic N) is 2. The maximum atomic E-state index is 14.6. The summed E-state index contributed by atoms with van der Waals surface area (Å²) in [6.07, 6.45) is 3.14. The number of thiazole rings is 1. The van der Waals surface area contributed by atoms with Crippen LogP contribution in [0.3, 0.4) is 0 Å². The Labute approximate surface area is 194 Å². The predicted octanol–water partition coefficient (Wildman–Crippen LogP) is 6.05. The van der Waals surface area contributed by atoms with Gasteiger partial charge in [0, 0.05) is 23.7 Å². The van der Waals surface area contributed by atoms with Crippen LogP contribution in [0.15, 0.2) is 52.6 Å². The molecule has 0 spiro atoms. The Bertz CT molecular complexity index is 1300. The first kappa shape index (κ1) is 21.8. The van der Waals surface area contributed by atoms with Crippen molar-refractivity contribution >= 4 is 55.0 Å². The maximum Gasteiger partial charge on any atom is 0.325 e. The summed E-state index contributed by atoms with van der Waals surface area (Å²) in [6, 6.07) is 8.67. The van der Waals surface area contributed by atoms with Gasteiger partial charge >= 0.3 is 6.03 Å². The minimum Gasteiger partial charge on any atom is -0.493 e. The van der Waals surface area contributed by atoms with Crippen LogP contribution in [0, 0.1) is 5.82 Å². The summed E-state index contributed by atoms with van der Waals surface area (Å²) >= 11 is 4.50. The van der Waals surface area contributed by atoms with Crippen molar-refractivity contribution < 1.29 is 23.4 Å². The first-order valence-corrected chi connectivity index (χ1v) is 10.7. The van der Waals surface area contributed by atoms with Crippen LogP contribution in [0.4, 0.5) is 20.0 Å². The molecule has 0 saturated heterocycles. The van der Waals surface area contributed by atoms with Crippen molar-refractivity contribution in [3.05, 3.63) is 58.4 Å². The van der Waals surface area contributed by atoms with Crippen molar-refractivity contribution in [2.24, 2.45) is 0 Å². The van der Waals surface area contributed by atoms with Gasteiger partial charge in [0.15, 0.2) is 16.6 Å². The Hall–Kier alpha value is -3.44. The lowest BCUT2D eigenvalue weighted by Gasteiger charge is -2.13. The van der Waals surface area contributed by atoms with Gasteiger partial charge in [0.25, 0.3) is 0 Å². The van der Waals surface area contributed by atoms with Gasteiger partial charge in [-0.3, -0.25) is 10.3 Å². The largest absolute Gasteiger partial charge is 0.493 e. The topological polar surface area (TPSA) is 94.6 Å².